The van der Waals surface area contributed by atoms with Crippen LogP contribution >= 0.6 is 11.6 Å². The molecular weight excluding hydrogens is 266 g/mol. The van der Waals surface area contributed by atoms with Gasteiger partial charge in [-0.05, 0) is 12.5 Å². The number of carbonyl (C=O) groups excluding carboxylic acids is 1. The monoisotopic (exact) mass is 283 g/mol. The third kappa shape index (κ3) is 3.85. The first-order valence-electron chi connectivity index (χ1n) is 6.46. The van der Waals surface area contributed by atoms with Crippen molar-refractivity contribution in [3.63, 3.8) is 0 Å². The number of ether oxygens (including phenoxy) is 2. The number of carbonyl (C=O) groups is 1. The summed E-state index contributed by atoms with van der Waals surface area (Å²) in [5, 5.41) is 2.89. The van der Waals surface area contributed by atoms with Crippen molar-refractivity contribution in [2.45, 2.75) is 12.3 Å². The highest BCUT2D eigenvalue weighted by Gasteiger charge is 2.26. The fourth-order valence-electron chi connectivity index (χ4n) is 2.14. The number of hydrogen-bond acceptors (Lipinski definition) is 3. The molecule has 1 aromatic rings. The summed E-state index contributed by atoms with van der Waals surface area (Å²) in [5.74, 6) is 1.19. The van der Waals surface area contributed by atoms with E-state index in [2.05, 4.69) is 5.32 Å². The van der Waals surface area contributed by atoms with Crippen molar-refractivity contribution >= 4 is 17.5 Å². The van der Waals surface area contributed by atoms with Gasteiger partial charge in [-0.2, -0.15) is 0 Å². The van der Waals surface area contributed by atoms with Gasteiger partial charge < -0.3 is 14.8 Å². The van der Waals surface area contributed by atoms with Crippen molar-refractivity contribution in [1.82, 2.24) is 5.32 Å². The van der Waals surface area contributed by atoms with Crippen LogP contribution in [0.2, 0.25) is 0 Å². The van der Waals surface area contributed by atoms with E-state index in [1.165, 1.54) is 0 Å². The molecule has 0 bridgehead atoms. The number of benzene rings is 1. The van der Waals surface area contributed by atoms with Crippen LogP contribution in [0.15, 0.2) is 24.3 Å². The maximum atomic E-state index is 12.1. The van der Waals surface area contributed by atoms with Crippen molar-refractivity contribution in [3.05, 3.63) is 29.8 Å². The number of halogens is 1. The molecule has 5 heteroatoms. The molecule has 1 N–H and O–H groups in total. The largest absolute Gasteiger partial charge is 0.493 e. The molecule has 1 unspecified atom stereocenters. The maximum Gasteiger partial charge on any atom is 0.227 e. The van der Waals surface area contributed by atoms with Gasteiger partial charge in [0.2, 0.25) is 5.91 Å². The Balaban J connectivity index is 1.86. The Bertz CT molecular complexity index is 425. The van der Waals surface area contributed by atoms with Gasteiger partial charge in [-0.3, -0.25) is 4.79 Å². The molecule has 19 heavy (non-hydrogen) atoms. The van der Waals surface area contributed by atoms with Crippen molar-refractivity contribution in [3.8, 4) is 5.75 Å². The second kappa shape index (κ2) is 7.36. The van der Waals surface area contributed by atoms with E-state index in [4.69, 9.17) is 21.1 Å². The molecule has 0 saturated heterocycles. The van der Waals surface area contributed by atoms with Crippen molar-refractivity contribution in [1.29, 1.82) is 0 Å². The van der Waals surface area contributed by atoms with Crippen molar-refractivity contribution < 1.29 is 14.3 Å². The molecule has 1 aliphatic rings. The molecule has 4 nitrogen and oxygen atoms in total. The van der Waals surface area contributed by atoms with E-state index in [0.29, 0.717) is 38.7 Å². The van der Waals surface area contributed by atoms with Gasteiger partial charge in [0.25, 0.3) is 0 Å². The van der Waals surface area contributed by atoms with Gasteiger partial charge in [-0.15, -0.1) is 11.6 Å². The van der Waals surface area contributed by atoms with E-state index in [1.54, 1.807) is 0 Å². The quantitative estimate of drug-likeness (QED) is 0.641. The van der Waals surface area contributed by atoms with Gasteiger partial charge in [0.15, 0.2) is 0 Å². The molecule has 2 rings (SSSR count). The van der Waals surface area contributed by atoms with Crippen LogP contribution in [0.4, 0.5) is 0 Å². The van der Waals surface area contributed by atoms with Crippen LogP contribution in [-0.2, 0) is 9.53 Å². The van der Waals surface area contributed by atoms with Crippen LogP contribution in [0.25, 0.3) is 0 Å². The zero-order valence-electron chi connectivity index (χ0n) is 10.7. The minimum Gasteiger partial charge on any atom is -0.493 e. The number of rotatable bonds is 6. The van der Waals surface area contributed by atoms with Crippen LogP contribution in [0.3, 0.4) is 0 Å². The first-order chi connectivity index (χ1) is 9.33. The van der Waals surface area contributed by atoms with Gasteiger partial charge in [-0.1, -0.05) is 18.2 Å². The molecule has 1 heterocycles. The van der Waals surface area contributed by atoms with E-state index in [-0.39, 0.29) is 11.8 Å². The second-order valence-electron chi connectivity index (χ2n) is 4.32. The average molecular weight is 284 g/mol. The summed E-state index contributed by atoms with van der Waals surface area (Å²) in [6.07, 6.45) is 0.714. The smallest absolute Gasteiger partial charge is 0.227 e. The summed E-state index contributed by atoms with van der Waals surface area (Å²) in [7, 11) is 0. The summed E-state index contributed by atoms with van der Waals surface area (Å²) in [6.45, 7) is 2.09. The number of fused-ring (bicyclic) bond motifs is 1. The third-order valence-corrected chi connectivity index (χ3v) is 3.20. The third-order valence-electron chi connectivity index (χ3n) is 3.04. The molecule has 1 amide bonds. The summed E-state index contributed by atoms with van der Waals surface area (Å²) in [6, 6.07) is 7.69. The molecule has 1 aliphatic heterocycles. The van der Waals surface area contributed by atoms with Gasteiger partial charge in [0, 0.05) is 18.0 Å². The van der Waals surface area contributed by atoms with Gasteiger partial charge in [0.05, 0.1) is 25.7 Å². The van der Waals surface area contributed by atoms with E-state index in [1.807, 2.05) is 24.3 Å². The summed E-state index contributed by atoms with van der Waals surface area (Å²) in [5.41, 5.74) is 0.966. The van der Waals surface area contributed by atoms with Gasteiger partial charge in [-0.25, -0.2) is 0 Å². The molecule has 0 spiro atoms. The highest BCUT2D eigenvalue weighted by atomic mass is 35.5. The molecule has 0 fully saturated rings. The molecule has 0 saturated carbocycles. The van der Waals surface area contributed by atoms with E-state index in [9.17, 15) is 4.79 Å². The first-order valence-corrected chi connectivity index (χ1v) is 6.99. The van der Waals surface area contributed by atoms with E-state index < -0.39 is 0 Å². The maximum absolute atomic E-state index is 12.1. The Hall–Kier alpha value is -1.26. The number of amides is 1. The molecular formula is C14H18ClNO3. The molecule has 1 aromatic carbocycles. The Morgan fingerprint density at radius 3 is 3.11 bits per heavy atom. The minimum atomic E-state index is -0.127. The zero-order valence-corrected chi connectivity index (χ0v) is 11.5. The summed E-state index contributed by atoms with van der Waals surface area (Å²) >= 11 is 5.49. The molecule has 104 valence electrons. The highest BCUT2D eigenvalue weighted by molar-refractivity contribution is 6.17. The van der Waals surface area contributed by atoms with E-state index in [0.717, 1.165) is 11.3 Å². The lowest BCUT2D eigenvalue weighted by molar-refractivity contribution is -0.123. The Labute approximate surface area is 118 Å². The fourth-order valence-corrected chi connectivity index (χ4v) is 2.25. The Morgan fingerprint density at radius 2 is 2.26 bits per heavy atom. The van der Waals surface area contributed by atoms with Gasteiger partial charge >= 0.3 is 0 Å². The number of nitrogens with one attached hydrogen (secondary N) is 1. The van der Waals surface area contributed by atoms with Crippen LogP contribution < -0.4 is 10.1 Å². The topological polar surface area (TPSA) is 47.6 Å². The molecule has 1 atom stereocenters. The minimum absolute atomic E-state index is 0.0326. The predicted molar refractivity (Wildman–Crippen MR) is 73.8 cm³/mol. The Morgan fingerprint density at radius 1 is 1.42 bits per heavy atom. The normalized spacial score (nSPS) is 17.4. The molecule has 0 aromatic heterocycles. The van der Waals surface area contributed by atoms with Gasteiger partial charge in [0.1, 0.15) is 5.75 Å². The Kier molecular flexibility index (Phi) is 5.48. The highest BCUT2D eigenvalue weighted by Crippen LogP contribution is 2.33. The van der Waals surface area contributed by atoms with Crippen molar-refractivity contribution in [2.24, 2.45) is 0 Å². The van der Waals surface area contributed by atoms with E-state index >= 15 is 0 Å². The fraction of sp³-hybridized carbons (Fsp3) is 0.500. The number of hydrogen-bond donors (Lipinski definition) is 1. The number of alkyl halides is 1. The average Bonchev–Trinajstić information content (AvgIpc) is 2.46. The molecule has 0 radical (unpaired) electrons. The lowest BCUT2D eigenvalue weighted by Gasteiger charge is -2.25. The first kappa shape index (κ1) is 14.2. The summed E-state index contributed by atoms with van der Waals surface area (Å²) < 4.78 is 10.8. The second-order valence-corrected chi connectivity index (χ2v) is 4.70. The van der Waals surface area contributed by atoms with Crippen molar-refractivity contribution in [2.75, 3.05) is 32.2 Å². The predicted octanol–water partition coefficient (Wildman–Crippen LogP) is 1.92. The van der Waals surface area contributed by atoms with Crippen LogP contribution in [0, 0.1) is 0 Å². The number of para-hydroxylation sites is 1. The standard InChI is InChI=1S/C14H18ClNO3/c15-6-9-18-10-7-16-14(17)12-5-8-19-13-4-2-1-3-11(12)13/h1-4,12H,5-10H2,(H,16,17). The molecule has 0 aliphatic carbocycles. The van der Waals surface area contributed by atoms with Crippen LogP contribution in [0.5, 0.6) is 5.75 Å². The lowest BCUT2D eigenvalue weighted by Crippen LogP contribution is -2.34. The zero-order chi connectivity index (χ0) is 13.5. The summed E-state index contributed by atoms with van der Waals surface area (Å²) in [4.78, 5) is 12.1. The van der Waals surface area contributed by atoms with Crippen LogP contribution in [-0.4, -0.2) is 38.2 Å². The lowest BCUT2D eigenvalue weighted by atomic mass is 9.92. The van der Waals surface area contributed by atoms with Crippen LogP contribution in [0.1, 0.15) is 17.9 Å². The SMILES string of the molecule is O=C(NCCOCCCl)C1CCOc2ccccc21.